The summed E-state index contributed by atoms with van der Waals surface area (Å²) in [5.41, 5.74) is 10.3. The lowest BCUT2D eigenvalue weighted by Crippen LogP contribution is -2.47. The molecular formula is C39H47N5O6. The van der Waals surface area contributed by atoms with Gasteiger partial charge in [0.15, 0.2) is 0 Å². The number of aryl methyl sites for hydroxylation is 1. The Morgan fingerprint density at radius 1 is 0.980 bits per heavy atom. The lowest BCUT2D eigenvalue weighted by atomic mass is 9.80. The molecule has 11 nitrogen and oxygen atoms in total. The van der Waals surface area contributed by atoms with Gasteiger partial charge in [-0.05, 0) is 98.7 Å². The molecule has 0 unspecified atom stereocenters. The summed E-state index contributed by atoms with van der Waals surface area (Å²) >= 11 is 0. The molecule has 2 aliphatic rings. The van der Waals surface area contributed by atoms with E-state index in [1.165, 1.54) is 17.0 Å². The van der Waals surface area contributed by atoms with E-state index in [0.29, 0.717) is 60.4 Å². The lowest BCUT2D eigenvalue weighted by Gasteiger charge is -2.36. The van der Waals surface area contributed by atoms with E-state index in [1.54, 1.807) is 12.1 Å². The first-order valence-electron chi connectivity index (χ1n) is 17.7. The molecule has 1 aromatic heterocycles. The summed E-state index contributed by atoms with van der Waals surface area (Å²) in [4.78, 5) is 41.3. The topological polar surface area (TPSA) is 181 Å². The van der Waals surface area contributed by atoms with E-state index in [1.807, 2.05) is 48.5 Å². The minimum atomic E-state index is -0.964. The van der Waals surface area contributed by atoms with Crippen LogP contribution in [0.3, 0.4) is 0 Å². The Balaban J connectivity index is 0.971. The summed E-state index contributed by atoms with van der Waals surface area (Å²) in [6.07, 6.45) is 4.69. The van der Waals surface area contributed by atoms with Gasteiger partial charge in [-0.3, -0.25) is 14.5 Å². The van der Waals surface area contributed by atoms with Gasteiger partial charge >= 0.3 is 6.09 Å². The highest BCUT2D eigenvalue weighted by molar-refractivity contribution is 5.94. The Kier molecular flexibility index (Phi) is 11.2. The summed E-state index contributed by atoms with van der Waals surface area (Å²) in [6, 6.07) is 22.1. The Bertz CT molecular complexity index is 1850. The summed E-state index contributed by atoms with van der Waals surface area (Å²) in [5, 5.41) is 38.3. The van der Waals surface area contributed by atoms with Crippen molar-refractivity contribution in [3.63, 3.8) is 0 Å². The molecule has 1 atom stereocenters. The second kappa shape index (κ2) is 15.9. The van der Waals surface area contributed by atoms with Crippen molar-refractivity contribution in [1.82, 2.24) is 15.6 Å². The number of aromatic amines is 1. The van der Waals surface area contributed by atoms with Crippen molar-refractivity contribution in [2.24, 2.45) is 11.7 Å². The molecule has 6 rings (SSSR count). The standard InChI is InChI=1S/C39H47N5O6/c40-27-10-12-29(13-11-27)44(39(49)50)33-21-24(9-14-30(33)26-6-2-1-3-7-26)5-4-8-36(47)42-28-19-25(20-28)22-41-23-35(46)31-15-17-34(45)38-32(31)16-18-37(48)43-38/h1-3,6-7,9,14-18,21,25,27-29,35,41,45-46H,4-5,8,10-13,19-20,22-23,40H2,(H,42,47)(H,43,48)(H,49,50)/t25?,27?,28?,29?,35-/m0/s1. The van der Waals surface area contributed by atoms with Crippen LogP contribution in [0.4, 0.5) is 10.5 Å². The highest BCUT2D eigenvalue weighted by atomic mass is 16.4. The number of aliphatic hydroxyl groups is 1. The maximum absolute atomic E-state index is 12.8. The van der Waals surface area contributed by atoms with Crippen molar-refractivity contribution in [2.75, 3.05) is 18.0 Å². The normalized spacial score (nSPS) is 20.9. The molecule has 0 radical (unpaired) electrons. The van der Waals surface area contributed by atoms with Gasteiger partial charge in [-0.1, -0.05) is 48.5 Å². The quantitative estimate of drug-likeness (QED) is 0.101. The number of aromatic hydroxyl groups is 1. The molecule has 0 bridgehead atoms. The van der Waals surface area contributed by atoms with Gasteiger partial charge < -0.3 is 36.7 Å². The van der Waals surface area contributed by atoms with E-state index in [-0.39, 0.29) is 35.3 Å². The number of aromatic nitrogens is 1. The van der Waals surface area contributed by atoms with Gasteiger partial charge in [0, 0.05) is 48.1 Å². The van der Waals surface area contributed by atoms with Gasteiger partial charge in [0.2, 0.25) is 11.5 Å². The smallest absolute Gasteiger partial charge is 0.412 e. The number of carbonyl (C=O) groups excluding carboxylic acids is 1. The molecule has 2 amide bonds. The van der Waals surface area contributed by atoms with Crippen molar-refractivity contribution >= 4 is 28.6 Å². The second-order valence-corrected chi connectivity index (χ2v) is 13.9. The van der Waals surface area contributed by atoms with Crippen LogP contribution in [0.1, 0.15) is 68.6 Å². The van der Waals surface area contributed by atoms with E-state index < -0.39 is 12.2 Å². The predicted molar refractivity (Wildman–Crippen MR) is 194 cm³/mol. The summed E-state index contributed by atoms with van der Waals surface area (Å²) in [5.74, 6) is 0.360. The van der Waals surface area contributed by atoms with E-state index in [9.17, 15) is 29.7 Å². The Morgan fingerprint density at radius 3 is 2.48 bits per heavy atom. The molecule has 11 heteroatoms. The first kappa shape index (κ1) is 35.1. The number of benzene rings is 3. The number of H-pyrrole nitrogens is 1. The number of phenols is 1. The number of hydrogen-bond donors (Lipinski definition) is 7. The molecule has 4 aromatic rings. The molecule has 0 spiro atoms. The molecule has 2 fully saturated rings. The zero-order chi connectivity index (χ0) is 35.2. The van der Waals surface area contributed by atoms with Crippen molar-refractivity contribution in [2.45, 2.75) is 82.0 Å². The molecular weight excluding hydrogens is 634 g/mol. The van der Waals surface area contributed by atoms with Crippen molar-refractivity contribution in [3.8, 4) is 16.9 Å². The number of aliphatic hydroxyl groups excluding tert-OH is 1. The first-order valence-corrected chi connectivity index (χ1v) is 17.7. The zero-order valence-electron chi connectivity index (χ0n) is 28.2. The highest BCUT2D eigenvalue weighted by Gasteiger charge is 2.32. The third-order valence-electron chi connectivity index (χ3n) is 10.2. The third kappa shape index (κ3) is 8.35. The van der Waals surface area contributed by atoms with Gasteiger partial charge in [-0.15, -0.1) is 0 Å². The average molecular weight is 682 g/mol. The number of anilines is 1. The number of nitrogens with two attached hydrogens (primary N) is 1. The van der Waals surface area contributed by atoms with Crippen LogP contribution in [0.25, 0.3) is 22.0 Å². The van der Waals surface area contributed by atoms with Crippen molar-refractivity contribution in [3.05, 3.63) is 94.3 Å². The number of phenolic OH excluding ortho intramolecular Hbond substituents is 1. The van der Waals surface area contributed by atoms with Crippen LogP contribution < -0.4 is 26.8 Å². The zero-order valence-corrected chi connectivity index (χ0v) is 28.2. The summed E-state index contributed by atoms with van der Waals surface area (Å²) in [6.45, 7) is 1.03. The highest BCUT2D eigenvalue weighted by Crippen LogP contribution is 2.37. The number of hydrogen-bond acceptors (Lipinski definition) is 7. The molecule has 2 aliphatic carbocycles. The van der Waals surface area contributed by atoms with Crippen molar-refractivity contribution < 1.29 is 24.9 Å². The van der Waals surface area contributed by atoms with E-state index >= 15 is 0 Å². The Hall–Kier alpha value is -4.71. The van der Waals surface area contributed by atoms with Crippen LogP contribution >= 0.6 is 0 Å². The molecule has 3 aromatic carbocycles. The maximum atomic E-state index is 12.8. The SMILES string of the molecule is NC1CCC(N(C(=O)O)c2cc(CCCC(=O)NC3CC(CNC[C@H](O)c4ccc(O)c5[nH]c(=O)ccc45)C3)ccc2-c2ccccc2)CC1. The van der Waals surface area contributed by atoms with Crippen LogP contribution in [-0.4, -0.2) is 63.5 Å². The number of nitrogens with zero attached hydrogens (tertiary/aromatic N) is 1. The number of rotatable bonds is 13. The van der Waals surface area contributed by atoms with Crippen molar-refractivity contribution in [1.29, 1.82) is 0 Å². The molecule has 50 heavy (non-hydrogen) atoms. The lowest BCUT2D eigenvalue weighted by molar-refractivity contribution is -0.122. The summed E-state index contributed by atoms with van der Waals surface area (Å²) < 4.78 is 0. The number of amides is 2. The summed E-state index contributed by atoms with van der Waals surface area (Å²) in [7, 11) is 0. The van der Waals surface area contributed by atoms with E-state index in [0.717, 1.165) is 55.2 Å². The predicted octanol–water partition coefficient (Wildman–Crippen LogP) is 5.20. The van der Waals surface area contributed by atoms with Gasteiger partial charge in [-0.25, -0.2) is 4.79 Å². The van der Waals surface area contributed by atoms with Crippen LogP contribution in [0.5, 0.6) is 5.75 Å². The largest absolute Gasteiger partial charge is 0.506 e. The van der Waals surface area contributed by atoms with Crippen LogP contribution in [0.15, 0.2) is 77.6 Å². The molecule has 264 valence electrons. The second-order valence-electron chi connectivity index (χ2n) is 13.9. The van der Waals surface area contributed by atoms with Gasteiger partial charge in [0.05, 0.1) is 17.3 Å². The third-order valence-corrected chi connectivity index (χ3v) is 10.2. The minimum Gasteiger partial charge on any atom is -0.506 e. The number of carboxylic acid groups (broad SMARTS) is 1. The van der Waals surface area contributed by atoms with Crippen LogP contribution in [-0.2, 0) is 11.2 Å². The van der Waals surface area contributed by atoms with Gasteiger partial charge in [0.1, 0.15) is 5.75 Å². The Morgan fingerprint density at radius 2 is 1.74 bits per heavy atom. The first-order chi connectivity index (χ1) is 24.2. The monoisotopic (exact) mass is 681 g/mol. The number of pyridine rings is 1. The fourth-order valence-corrected chi connectivity index (χ4v) is 7.47. The minimum absolute atomic E-state index is 0.0147. The van der Waals surface area contributed by atoms with Crippen LogP contribution in [0, 0.1) is 5.92 Å². The Labute approximate surface area is 291 Å². The fourth-order valence-electron chi connectivity index (χ4n) is 7.47. The number of nitrogens with one attached hydrogen (secondary N) is 3. The average Bonchev–Trinajstić information content (AvgIpc) is 3.08. The molecule has 0 aliphatic heterocycles. The molecule has 2 saturated carbocycles. The maximum Gasteiger partial charge on any atom is 0.412 e. The molecule has 0 saturated heterocycles. The van der Waals surface area contributed by atoms with Gasteiger partial charge in [0.25, 0.3) is 0 Å². The number of carbonyl (C=O) groups is 2. The molecule has 1 heterocycles. The van der Waals surface area contributed by atoms with E-state index in [4.69, 9.17) is 5.73 Å². The fraction of sp³-hybridized carbons (Fsp3) is 0.410. The van der Waals surface area contributed by atoms with E-state index in [2.05, 4.69) is 15.6 Å². The number of fused-ring (bicyclic) bond motifs is 1. The molecule has 8 N–H and O–H groups in total. The van der Waals surface area contributed by atoms with Crippen LogP contribution in [0.2, 0.25) is 0 Å². The van der Waals surface area contributed by atoms with Gasteiger partial charge in [-0.2, -0.15) is 0 Å².